The van der Waals surface area contributed by atoms with E-state index in [1.165, 1.54) is 26.2 Å². The first kappa shape index (κ1) is 20.5. The lowest BCUT2D eigenvalue weighted by atomic mass is 10.2. The van der Waals surface area contributed by atoms with E-state index in [1.54, 1.807) is 24.3 Å². The summed E-state index contributed by atoms with van der Waals surface area (Å²) >= 11 is 9.43. The lowest BCUT2D eigenvalue weighted by Gasteiger charge is -2.28. The van der Waals surface area contributed by atoms with E-state index in [2.05, 4.69) is 21.2 Å². The van der Waals surface area contributed by atoms with Crippen molar-refractivity contribution in [2.75, 3.05) is 23.0 Å². The van der Waals surface area contributed by atoms with Crippen LogP contribution >= 0.6 is 27.5 Å². The van der Waals surface area contributed by atoms with Crippen molar-refractivity contribution in [3.63, 3.8) is 0 Å². The number of amides is 1. The molecule has 2 aromatic carbocycles. The number of benzene rings is 2. The van der Waals surface area contributed by atoms with E-state index in [4.69, 9.17) is 16.3 Å². The summed E-state index contributed by atoms with van der Waals surface area (Å²) in [4.78, 5) is 12.6. The lowest BCUT2D eigenvalue weighted by molar-refractivity contribution is -0.116. The summed E-state index contributed by atoms with van der Waals surface area (Å²) in [5.74, 6) is -0.0597. The molecule has 0 radical (unpaired) electrons. The number of halogens is 2. The van der Waals surface area contributed by atoms with Crippen LogP contribution < -0.4 is 14.4 Å². The average molecular weight is 462 g/mol. The highest BCUT2D eigenvalue weighted by atomic mass is 79.9. The molecule has 1 atom stereocenters. The van der Waals surface area contributed by atoms with Gasteiger partial charge in [0.15, 0.2) is 0 Å². The Kier molecular flexibility index (Phi) is 6.54. The smallest absolute Gasteiger partial charge is 0.247 e. The summed E-state index contributed by atoms with van der Waals surface area (Å²) in [5, 5.41) is 2.96. The quantitative estimate of drug-likeness (QED) is 0.708. The third-order valence-electron chi connectivity index (χ3n) is 3.57. The number of carbonyl (C=O) groups is 1. The highest BCUT2D eigenvalue weighted by Gasteiger charge is 2.29. The molecule has 0 spiro atoms. The van der Waals surface area contributed by atoms with Gasteiger partial charge >= 0.3 is 0 Å². The van der Waals surface area contributed by atoms with Gasteiger partial charge in [-0.3, -0.25) is 9.10 Å². The number of anilines is 2. The van der Waals surface area contributed by atoms with Crippen molar-refractivity contribution in [1.29, 1.82) is 0 Å². The van der Waals surface area contributed by atoms with Gasteiger partial charge in [-0.2, -0.15) is 0 Å². The van der Waals surface area contributed by atoms with E-state index in [9.17, 15) is 13.2 Å². The molecule has 9 heteroatoms. The van der Waals surface area contributed by atoms with E-state index >= 15 is 0 Å². The predicted molar refractivity (Wildman–Crippen MR) is 108 cm³/mol. The third kappa shape index (κ3) is 4.90. The topological polar surface area (TPSA) is 75.7 Å². The number of methoxy groups -OCH3 is 1. The Morgan fingerprint density at radius 1 is 1.27 bits per heavy atom. The Hall–Kier alpha value is -1.77. The second kappa shape index (κ2) is 8.28. The van der Waals surface area contributed by atoms with E-state index in [1.807, 2.05) is 6.07 Å². The summed E-state index contributed by atoms with van der Waals surface area (Å²) in [7, 11) is -2.27. The first-order valence-electron chi connectivity index (χ1n) is 7.53. The Balaban J connectivity index is 2.34. The minimum atomic E-state index is -3.74. The first-order chi connectivity index (χ1) is 12.1. The zero-order valence-corrected chi connectivity index (χ0v) is 17.5. The molecule has 0 aliphatic rings. The number of hydrogen-bond acceptors (Lipinski definition) is 4. The van der Waals surface area contributed by atoms with Crippen LogP contribution in [0.15, 0.2) is 46.9 Å². The molecule has 0 aromatic heterocycles. The molecule has 1 amide bonds. The van der Waals surface area contributed by atoms with Gasteiger partial charge in [0.05, 0.1) is 24.1 Å². The number of rotatable bonds is 6. The molecule has 2 aromatic rings. The first-order valence-corrected chi connectivity index (χ1v) is 10.5. The van der Waals surface area contributed by atoms with Gasteiger partial charge in [0.1, 0.15) is 11.8 Å². The van der Waals surface area contributed by atoms with Crippen molar-refractivity contribution in [3.8, 4) is 5.75 Å². The van der Waals surface area contributed by atoms with Gasteiger partial charge in [-0.1, -0.05) is 33.6 Å². The van der Waals surface area contributed by atoms with E-state index in [0.717, 1.165) is 15.0 Å². The molecule has 26 heavy (non-hydrogen) atoms. The van der Waals surface area contributed by atoms with Crippen LogP contribution in [-0.4, -0.2) is 33.7 Å². The maximum Gasteiger partial charge on any atom is 0.247 e. The Morgan fingerprint density at radius 3 is 2.50 bits per heavy atom. The number of carbonyl (C=O) groups excluding carboxylic acids is 1. The van der Waals surface area contributed by atoms with Crippen LogP contribution in [0.25, 0.3) is 0 Å². The molecule has 140 valence electrons. The standard InChI is InChI=1S/C17H18BrClN2O4S/c1-11(17(22)20-13-6-4-5-12(18)9-13)21(26(3,23)24)14-7-8-16(25-2)15(19)10-14/h4-11H,1-3H3,(H,20,22)/t11-/m1/s1. The van der Waals surface area contributed by atoms with Crippen LogP contribution in [0.1, 0.15) is 6.92 Å². The molecule has 0 bridgehead atoms. The molecule has 0 unspecified atom stereocenters. The van der Waals surface area contributed by atoms with Gasteiger partial charge in [0.2, 0.25) is 15.9 Å². The molecule has 0 fully saturated rings. The van der Waals surface area contributed by atoms with Crippen molar-refractivity contribution < 1.29 is 17.9 Å². The summed E-state index contributed by atoms with van der Waals surface area (Å²) in [5.41, 5.74) is 0.827. The van der Waals surface area contributed by atoms with Gasteiger partial charge < -0.3 is 10.1 Å². The van der Waals surface area contributed by atoms with Crippen LogP contribution in [0.2, 0.25) is 5.02 Å². The maximum absolute atomic E-state index is 12.6. The fraction of sp³-hybridized carbons (Fsp3) is 0.235. The number of nitrogens with one attached hydrogen (secondary N) is 1. The van der Waals surface area contributed by atoms with Crippen LogP contribution in [0.3, 0.4) is 0 Å². The molecule has 0 aliphatic carbocycles. The van der Waals surface area contributed by atoms with Crippen molar-refractivity contribution in [1.82, 2.24) is 0 Å². The lowest BCUT2D eigenvalue weighted by Crippen LogP contribution is -2.45. The average Bonchev–Trinajstić information content (AvgIpc) is 2.53. The largest absolute Gasteiger partial charge is 0.495 e. The molecular formula is C17H18BrClN2O4S. The fourth-order valence-corrected chi connectivity index (χ4v) is 4.23. The number of nitrogens with zero attached hydrogens (tertiary/aromatic N) is 1. The van der Waals surface area contributed by atoms with Gasteiger partial charge in [-0.25, -0.2) is 8.42 Å². The zero-order valence-electron chi connectivity index (χ0n) is 14.4. The third-order valence-corrected chi connectivity index (χ3v) is 5.60. The Labute approximate surface area is 166 Å². The second-order valence-electron chi connectivity index (χ2n) is 5.55. The van der Waals surface area contributed by atoms with Gasteiger partial charge in [0, 0.05) is 10.2 Å². The highest BCUT2D eigenvalue weighted by Crippen LogP contribution is 2.31. The zero-order chi connectivity index (χ0) is 19.5. The molecule has 0 saturated carbocycles. The fourth-order valence-electron chi connectivity index (χ4n) is 2.41. The molecule has 0 aliphatic heterocycles. The maximum atomic E-state index is 12.6. The monoisotopic (exact) mass is 460 g/mol. The molecule has 1 N–H and O–H groups in total. The second-order valence-corrected chi connectivity index (χ2v) is 8.74. The van der Waals surface area contributed by atoms with Crippen molar-refractivity contribution in [3.05, 3.63) is 52.0 Å². The van der Waals surface area contributed by atoms with Gasteiger partial charge in [-0.05, 0) is 43.3 Å². The van der Waals surface area contributed by atoms with Crippen LogP contribution in [0.4, 0.5) is 11.4 Å². The van der Waals surface area contributed by atoms with E-state index < -0.39 is 22.0 Å². The molecular weight excluding hydrogens is 444 g/mol. The van der Waals surface area contributed by atoms with Crippen LogP contribution in [0, 0.1) is 0 Å². The Morgan fingerprint density at radius 2 is 1.96 bits per heavy atom. The van der Waals surface area contributed by atoms with E-state index in [-0.39, 0.29) is 10.7 Å². The normalized spacial score (nSPS) is 12.3. The summed E-state index contributed by atoms with van der Waals surface area (Å²) < 4.78 is 31.5. The molecule has 6 nitrogen and oxygen atoms in total. The molecule has 0 heterocycles. The molecule has 0 saturated heterocycles. The predicted octanol–water partition coefficient (Wildman–Crippen LogP) is 3.90. The van der Waals surface area contributed by atoms with Crippen LogP contribution in [0.5, 0.6) is 5.75 Å². The number of ether oxygens (including phenoxy) is 1. The van der Waals surface area contributed by atoms with Gasteiger partial charge in [-0.15, -0.1) is 0 Å². The summed E-state index contributed by atoms with van der Waals surface area (Å²) in [6.07, 6.45) is 1.04. The van der Waals surface area contributed by atoms with Gasteiger partial charge in [0.25, 0.3) is 0 Å². The minimum Gasteiger partial charge on any atom is -0.495 e. The Bertz CT molecular complexity index is 921. The minimum absolute atomic E-state index is 0.248. The van der Waals surface area contributed by atoms with E-state index in [0.29, 0.717) is 11.4 Å². The number of sulfonamides is 1. The van der Waals surface area contributed by atoms with Crippen molar-refractivity contribution in [2.24, 2.45) is 0 Å². The SMILES string of the molecule is COc1ccc(N([C@H](C)C(=O)Nc2cccc(Br)c2)S(C)(=O)=O)cc1Cl. The van der Waals surface area contributed by atoms with Crippen molar-refractivity contribution >= 4 is 54.8 Å². The summed E-state index contributed by atoms with van der Waals surface area (Å²) in [6.45, 7) is 1.51. The molecule has 2 rings (SSSR count). The van der Waals surface area contributed by atoms with Crippen LogP contribution in [-0.2, 0) is 14.8 Å². The number of hydrogen-bond donors (Lipinski definition) is 1. The summed E-state index contributed by atoms with van der Waals surface area (Å²) in [6, 6.07) is 10.6. The highest BCUT2D eigenvalue weighted by molar-refractivity contribution is 9.10. The van der Waals surface area contributed by atoms with Crippen molar-refractivity contribution in [2.45, 2.75) is 13.0 Å².